The van der Waals surface area contributed by atoms with Crippen LogP contribution in [-0.2, 0) is 14.3 Å². The average Bonchev–Trinajstić information content (AvgIpc) is 3.00. The Hall–Kier alpha value is -3.33. The Kier molecular flexibility index (Phi) is 5.65. The molecule has 146 valence electrons. The first-order chi connectivity index (χ1) is 13.3. The van der Waals surface area contributed by atoms with Gasteiger partial charge in [-0.25, -0.2) is 14.0 Å². The van der Waals surface area contributed by atoms with Gasteiger partial charge in [-0.1, -0.05) is 11.6 Å². The Bertz CT molecular complexity index is 1090. The van der Waals surface area contributed by atoms with Crippen molar-refractivity contribution in [3.05, 3.63) is 57.7 Å². The van der Waals surface area contributed by atoms with Crippen LogP contribution in [0.2, 0.25) is 5.02 Å². The minimum Gasteiger partial charge on any atom is -0.480 e. The summed E-state index contributed by atoms with van der Waals surface area (Å²) in [4.78, 5) is 40.5. The number of hydrogen-bond donors (Lipinski definition) is 3. The number of carbonyl (C=O) groups is 2. The molecule has 0 aliphatic heterocycles. The Morgan fingerprint density at radius 1 is 1.18 bits per heavy atom. The lowest BCUT2D eigenvalue weighted by molar-refractivity contribution is -0.155. The van der Waals surface area contributed by atoms with Crippen molar-refractivity contribution in [2.24, 2.45) is 0 Å². The van der Waals surface area contributed by atoms with Crippen LogP contribution in [0.25, 0.3) is 11.0 Å². The molecule has 0 fully saturated rings. The van der Waals surface area contributed by atoms with Crippen molar-refractivity contribution in [2.75, 3.05) is 11.9 Å². The van der Waals surface area contributed by atoms with Gasteiger partial charge in [0.15, 0.2) is 12.7 Å². The van der Waals surface area contributed by atoms with Gasteiger partial charge in [-0.15, -0.1) is 0 Å². The molecule has 3 N–H and O–H groups in total. The van der Waals surface area contributed by atoms with Gasteiger partial charge in [0.25, 0.3) is 5.91 Å². The van der Waals surface area contributed by atoms with E-state index in [0.29, 0.717) is 16.7 Å². The van der Waals surface area contributed by atoms with Crippen LogP contribution in [0.1, 0.15) is 6.92 Å². The SMILES string of the molecule is C[C@@H](OC(=O)COc1ccc(F)cc1Cl)C(=O)Nc1ccc2[nH]c(=O)[nH]c2c1. The summed E-state index contributed by atoms with van der Waals surface area (Å²) in [5.74, 6) is -1.78. The summed E-state index contributed by atoms with van der Waals surface area (Å²) in [6, 6.07) is 8.25. The first kappa shape index (κ1) is 19.4. The number of anilines is 1. The van der Waals surface area contributed by atoms with Gasteiger partial charge in [0.2, 0.25) is 0 Å². The first-order valence-electron chi connectivity index (χ1n) is 8.12. The number of esters is 1. The molecular formula is C18H15ClFN3O5. The lowest BCUT2D eigenvalue weighted by atomic mass is 10.2. The highest BCUT2D eigenvalue weighted by Crippen LogP contribution is 2.24. The summed E-state index contributed by atoms with van der Waals surface area (Å²) in [6.07, 6.45) is -1.10. The largest absolute Gasteiger partial charge is 0.480 e. The van der Waals surface area contributed by atoms with Gasteiger partial charge in [-0.2, -0.15) is 0 Å². The highest BCUT2D eigenvalue weighted by Gasteiger charge is 2.19. The Morgan fingerprint density at radius 3 is 2.68 bits per heavy atom. The van der Waals surface area contributed by atoms with Crippen LogP contribution in [0.15, 0.2) is 41.2 Å². The molecule has 0 aliphatic carbocycles. The summed E-state index contributed by atoms with van der Waals surface area (Å²) in [7, 11) is 0. The maximum absolute atomic E-state index is 13.0. The molecule has 0 spiro atoms. The summed E-state index contributed by atoms with van der Waals surface area (Å²) >= 11 is 5.80. The standard InChI is InChI=1S/C18H15ClFN3O5/c1-9(28-16(24)8-27-15-5-2-10(20)6-12(15)19)17(25)21-11-3-4-13-14(7-11)23-18(26)22-13/h2-7,9H,8H2,1H3,(H,21,25)(H2,22,23,26)/t9-/m1/s1. The van der Waals surface area contributed by atoms with Crippen LogP contribution in [0.3, 0.4) is 0 Å². The predicted octanol–water partition coefficient (Wildman–Crippen LogP) is 2.60. The molecule has 1 heterocycles. The smallest absolute Gasteiger partial charge is 0.344 e. The highest BCUT2D eigenvalue weighted by molar-refractivity contribution is 6.32. The van der Waals surface area contributed by atoms with E-state index in [1.165, 1.54) is 13.0 Å². The van der Waals surface area contributed by atoms with E-state index in [-0.39, 0.29) is 16.5 Å². The summed E-state index contributed by atoms with van der Waals surface area (Å²) in [6.45, 7) is 0.897. The highest BCUT2D eigenvalue weighted by atomic mass is 35.5. The van der Waals surface area contributed by atoms with E-state index in [0.717, 1.165) is 12.1 Å². The Morgan fingerprint density at radius 2 is 1.93 bits per heavy atom. The van der Waals surface area contributed by atoms with Crippen molar-refractivity contribution >= 4 is 40.2 Å². The van der Waals surface area contributed by atoms with E-state index in [1.54, 1.807) is 18.2 Å². The van der Waals surface area contributed by atoms with E-state index in [9.17, 15) is 18.8 Å². The van der Waals surface area contributed by atoms with Gasteiger partial charge in [-0.05, 0) is 43.3 Å². The maximum Gasteiger partial charge on any atom is 0.344 e. The molecule has 0 aliphatic rings. The molecule has 28 heavy (non-hydrogen) atoms. The van der Waals surface area contributed by atoms with Crippen LogP contribution in [0.5, 0.6) is 5.75 Å². The second-order valence-corrected chi connectivity index (χ2v) is 6.23. The Balaban J connectivity index is 1.53. The molecule has 10 heteroatoms. The number of benzene rings is 2. The first-order valence-corrected chi connectivity index (χ1v) is 8.50. The Labute approximate surface area is 162 Å². The second-order valence-electron chi connectivity index (χ2n) is 5.82. The molecular weight excluding hydrogens is 393 g/mol. The zero-order valence-corrected chi connectivity index (χ0v) is 15.3. The molecule has 0 unspecified atom stereocenters. The van der Waals surface area contributed by atoms with E-state index in [4.69, 9.17) is 21.1 Å². The number of nitrogens with one attached hydrogen (secondary N) is 3. The monoisotopic (exact) mass is 407 g/mol. The van der Waals surface area contributed by atoms with Crippen LogP contribution >= 0.6 is 11.6 Å². The minimum atomic E-state index is -1.10. The molecule has 3 aromatic rings. The van der Waals surface area contributed by atoms with Crippen LogP contribution in [0.4, 0.5) is 10.1 Å². The number of aromatic amines is 2. The van der Waals surface area contributed by atoms with Crippen molar-refractivity contribution in [3.8, 4) is 5.75 Å². The molecule has 0 radical (unpaired) electrons. The van der Waals surface area contributed by atoms with Crippen molar-refractivity contribution in [1.82, 2.24) is 9.97 Å². The van der Waals surface area contributed by atoms with Gasteiger partial charge < -0.3 is 24.8 Å². The summed E-state index contributed by atoms with van der Waals surface area (Å²) in [5, 5.41) is 2.59. The molecule has 0 saturated carbocycles. The predicted molar refractivity (Wildman–Crippen MR) is 100 cm³/mol. The number of H-pyrrole nitrogens is 2. The van der Waals surface area contributed by atoms with Gasteiger partial charge >= 0.3 is 11.7 Å². The topological polar surface area (TPSA) is 113 Å². The molecule has 2 aromatic carbocycles. The molecule has 0 saturated heterocycles. The van der Waals surface area contributed by atoms with Crippen molar-refractivity contribution in [2.45, 2.75) is 13.0 Å². The van der Waals surface area contributed by atoms with Gasteiger partial charge in [0.1, 0.15) is 11.6 Å². The molecule has 1 aromatic heterocycles. The average molecular weight is 408 g/mol. The van der Waals surface area contributed by atoms with Gasteiger partial charge in [0.05, 0.1) is 16.1 Å². The number of halogens is 2. The molecule has 3 rings (SSSR count). The summed E-state index contributed by atoms with van der Waals surface area (Å²) < 4.78 is 23.1. The number of amides is 1. The second kappa shape index (κ2) is 8.13. The lowest BCUT2D eigenvalue weighted by Crippen LogP contribution is -2.31. The third-order valence-corrected chi connectivity index (χ3v) is 4.00. The van der Waals surface area contributed by atoms with E-state index < -0.39 is 30.4 Å². The fourth-order valence-corrected chi connectivity index (χ4v) is 2.59. The quantitative estimate of drug-likeness (QED) is 0.543. The number of hydrogen-bond acceptors (Lipinski definition) is 5. The number of carbonyl (C=O) groups excluding carboxylic acids is 2. The van der Waals surface area contributed by atoms with Crippen molar-refractivity contribution in [3.63, 3.8) is 0 Å². The van der Waals surface area contributed by atoms with Crippen LogP contribution < -0.4 is 15.7 Å². The summed E-state index contributed by atoms with van der Waals surface area (Å²) in [5.41, 5.74) is 1.18. The zero-order valence-electron chi connectivity index (χ0n) is 14.5. The zero-order chi connectivity index (χ0) is 20.3. The third kappa shape index (κ3) is 4.68. The van der Waals surface area contributed by atoms with E-state index in [2.05, 4.69) is 15.3 Å². The fraction of sp³-hybridized carbons (Fsp3) is 0.167. The van der Waals surface area contributed by atoms with Crippen LogP contribution in [0, 0.1) is 5.82 Å². The third-order valence-electron chi connectivity index (χ3n) is 3.70. The fourth-order valence-electron chi connectivity index (χ4n) is 2.37. The number of fused-ring (bicyclic) bond motifs is 1. The van der Waals surface area contributed by atoms with E-state index >= 15 is 0 Å². The number of imidazole rings is 1. The van der Waals surface area contributed by atoms with Crippen molar-refractivity contribution in [1.29, 1.82) is 0 Å². The van der Waals surface area contributed by atoms with E-state index in [1.807, 2.05) is 0 Å². The number of aromatic nitrogens is 2. The maximum atomic E-state index is 13.0. The van der Waals surface area contributed by atoms with Crippen LogP contribution in [-0.4, -0.2) is 34.6 Å². The molecule has 1 atom stereocenters. The lowest BCUT2D eigenvalue weighted by Gasteiger charge is -2.14. The number of ether oxygens (including phenoxy) is 2. The van der Waals surface area contributed by atoms with Gasteiger partial charge in [-0.3, -0.25) is 4.79 Å². The molecule has 0 bridgehead atoms. The van der Waals surface area contributed by atoms with Gasteiger partial charge in [0, 0.05) is 5.69 Å². The number of rotatable bonds is 6. The molecule has 8 nitrogen and oxygen atoms in total. The molecule has 1 amide bonds. The van der Waals surface area contributed by atoms with Crippen molar-refractivity contribution < 1.29 is 23.5 Å². The minimum absolute atomic E-state index is 0.0109. The normalized spacial score (nSPS) is 11.8.